The fourth-order valence-electron chi connectivity index (χ4n) is 1.63. The van der Waals surface area contributed by atoms with Gasteiger partial charge in [-0.1, -0.05) is 34.1 Å². The highest BCUT2D eigenvalue weighted by molar-refractivity contribution is 7.11. The maximum atomic E-state index is 4.78. The summed E-state index contributed by atoms with van der Waals surface area (Å²) < 4.78 is 0. The summed E-state index contributed by atoms with van der Waals surface area (Å²) in [6, 6.07) is 0.592. The molecule has 3 heteroatoms. The summed E-state index contributed by atoms with van der Waals surface area (Å²) in [7, 11) is 0. The Balaban J connectivity index is 2.73. The van der Waals surface area contributed by atoms with Gasteiger partial charge in [0, 0.05) is 23.4 Å². The lowest BCUT2D eigenvalue weighted by atomic mass is 10.2. The highest BCUT2D eigenvalue weighted by atomic mass is 32.1. The number of aromatic nitrogens is 1. The molecule has 0 radical (unpaired) electrons. The molecule has 0 aliphatic rings. The van der Waals surface area contributed by atoms with Gasteiger partial charge >= 0.3 is 0 Å². The molecule has 0 amide bonds. The lowest BCUT2D eigenvalue weighted by Crippen LogP contribution is -2.24. The van der Waals surface area contributed by atoms with Gasteiger partial charge < -0.3 is 5.32 Å². The fraction of sp³-hybridized carbons (Fsp3) is 0.786. The van der Waals surface area contributed by atoms with Crippen LogP contribution in [-0.4, -0.2) is 11.0 Å². The summed E-state index contributed by atoms with van der Waals surface area (Å²) in [6.07, 6.45) is 3.47. The third-order valence-electron chi connectivity index (χ3n) is 3.00. The first-order valence-corrected chi connectivity index (χ1v) is 7.61. The molecule has 1 rings (SSSR count). The number of hydrogen-bond donors (Lipinski definition) is 1. The van der Waals surface area contributed by atoms with Crippen LogP contribution in [0.5, 0.6) is 0 Å². The molecule has 0 aliphatic heterocycles. The zero-order chi connectivity index (χ0) is 12.8. The zero-order valence-corrected chi connectivity index (χ0v) is 12.7. The zero-order valence-electron chi connectivity index (χ0n) is 11.8. The van der Waals surface area contributed by atoms with E-state index in [1.807, 2.05) is 11.3 Å². The standard InChI is InChI=1S/C14H26N2S/c1-6-8-12-13(9-15-11(5)7-2)17-14(16-12)10(3)4/h10-11,15H,6-9H2,1-5H3. The topological polar surface area (TPSA) is 24.9 Å². The van der Waals surface area contributed by atoms with Gasteiger partial charge in [-0.25, -0.2) is 4.98 Å². The highest BCUT2D eigenvalue weighted by Crippen LogP contribution is 2.25. The summed E-state index contributed by atoms with van der Waals surface area (Å²) >= 11 is 1.89. The monoisotopic (exact) mass is 254 g/mol. The van der Waals surface area contributed by atoms with Crippen LogP contribution in [0.2, 0.25) is 0 Å². The van der Waals surface area contributed by atoms with E-state index in [2.05, 4.69) is 39.9 Å². The second kappa shape index (κ2) is 7.12. The van der Waals surface area contributed by atoms with E-state index in [4.69, 9.17) is 4.98 Å². The summed E-state index contributed by atoms with van der Waals surface area (Å²) in [5.41, 5.74) is 1.32. The highest BCUT2D eigenvalue weighted by Gasteiger charge is 2.13. The number of rotatable bonds is 7. The SMILES string of the molecule is CCCc1nc(C(C)C)sc1CNC(C)CC. The van der Waals surface area contributed by atoms with Gasteiger partial charge in [0.25, 0.3) is 0 Å². The van der Waals surface area contributed by atoms with E-state index in [1.165, 1.54) is 28.4 Å². The Bertz CT molecular complexity index is 331. The van der Waals surface area contributed by atoms with E-state index in [0.717, 1.165) is 13.0 Å². The smallest absolute Gasteiger partial charge is 0.0957 e. The fourth-order valence-corrected chi connectivity index (χ4v) is 2.70. The van der Waals surface area contributed by atoms with Crippen molar-refractivity contribution >= 4 is 11.3 Å². The maximum Gasteiger partial charge on any atom is 0.0957 e. The Kier molecular flexibility index (Phi) is 6.14. The average Bonchev–Trinajstić information content (AvgIpc) is 2.70. The Hall–Kier alpha value is -0.410. The van der Waals surface area contributed by atoms with Gasteiger partial charge in [-0.05, 0) is 19.8 Å². The maximum absolute atomic E-state index is 4.78. The lowest BCUT2D eigenvalue weighted by Gasteiger charge is -2.10. The Labute approximate surface area is 110 Å². The van der Waals surface area contributed by atoms with Crippen LogP contribution >= 0.6 is 11.3 Å². The van der Waals surface area contributed by atoms with Crippen LogP contribution in [-0.2, 0) is 13.0 Å². The van der Waals surface area contributed by atoms with Crippen LogP contribution in [0, 0.1) is 0 Å². The minimum Gasteiger partial charge on any atom is -0.309 e. The Morgan fingerprint density at radius 2 is 1.94 bits per heavy atom. The lowest BCUT2D eigenvalue weighted by molar-refractivity contribution is 0.535. The van der Waals surface area contributed by atoms with Crippen LogP contribution in [0.15, 0.2) is 0 Å². The van der Waals surface area contributed by atoms with Crippen molar-refractivity contribution < 1.29 is 0 Å². The van der Waals surface area contributed by atoms with Crippen molar-refractivity contribution in [1.29, 1.82) is 0 Å². The largest absolute Gasteiger partial charge is 0.309 e. The molecule has 0 fully saturated rings. The van der Waals surface area contributed by atoms with Gasteiger partial charge in [-0.2, -0.15) is 0 Å². The van der Waals surface area contributed by atoms with E-state index in [0.29, 0.717) is 12.0 Å². The van der Waals surface area contributed by atoms with Crippen LogP contribution < -0.4 is 5.32 Å². The van der Waals surface area contributed by atoms with Crippen molar-refractivity contribution in [3.05, 3.63) is 15.6 Å². The molecule has 1 unspecified atom stereocenters. The second-order valence-corrected chi connectivity index (χ2v) is 6.13. The summed E-state index contributed by atoms with van der Waals surface area (Å²) in [4.78, 5) is 6.22. The molecule has 0 saturated heterocycles. The molecule has 0 aromatic carbocycles. The number of aryl methyl sites for hydroxylation is 1. The summed E-state index contributed by atoms with van der Waals surface area (Å²) in [5, 5.41) is 4.86. The number of nitrogens with one attached hydrogen (secondary N) is 1. The molecule has 1 aromatic heterocycles. The Morgan fingerprint density at radius 1 is 1.24 bits per heavy atom. The molecule has 0 bridgehead atoms. The van der Waals surface area contributed by atoms with Gasteiger partial charge in [-0.3, -0.25) is 0 Å². The van der Waals surface area contributed by atoms with Crippen LogP contribution in [0.3, 0.4) is 0 Å². The first-order valence-electron chi connectivity index (χ1n) is 6.80. The quantitative estimate of drug-likeness (QED) is 0.792. The molecule has 0 saturated carbocycles. The molecule has 1 N–H and O–H groups in total. The van der Waals surface area contributed by atoms with Gasteiger partial charge in [-0.15, -0.1) is 11.3 Å². The molecule has 2 nitrogen and oxygen atoms in total. The van der Waals surface area contributed by atoms with Gasteiger partial charge in [0.1, 0.15) is 0 Å². The third kappa shape index (κ3) is 4.40. The van der Waals surface area contributed by atoms with E-state index in [9.17, 15) is 0 Å². The molecule has 1 heterocycles. The summed E-state index contributed by atoms with van der Waals surface area (Å²) in [5.74, 6) is 0.549. The van der Waals surface area contributed by atoms with Gasteiger partial charge in [0.2, 0.25) is 0 Å². The number of hydrogen-bond acceptors (Lipinski definition) is 3. The average molecular weight is 254 g/mol. The van der Waals surface area contributed by atoms with Crippen molar-refractivity contribution in [3.8, 4) is 0 Å². The van der Waals surface area contributed by atoms with E-state index >= 15 is 0 Å². The molecular formula is C14H26N2S. The molecule has 0 aliphatic carbocycles. The van der Waals surface area contributed by atoms with E-state index in [1.54, 1.807) is 0 Å². The van der Waals surface area contributed by atoms with Crippen molar-refractivity contribution in [3.63, 3.8) is 0 Å². The minimum absolute atomic E-state index is 0.549. The number of thiazole rings is 1. The predicted octanol–water partition coefficient (Wildman–Crippen LogP) is 4.11. The molecule has 98 valence electrons. The molecule has 17 heavy (non-hydrogen) atoms. The minimum atomic E-state index is 0.549. The first kappa shape index (κ1) is 14.7. The normalized spacial score (nSPS) is 13.3. The molecule has 1 aromatic rings. The van der Waals surface area contributed by atoms with Gasteiger partial charge in [0.05, 0.1) is 10.7 Å². The van der Waals surface area contributed by atoms with Crippen molar-refractivity contribution in [2.24, 2.45) is 0 Å². The van der Waals surface area contributed by atoms with Crippen LogP contribution in [0.1, 0.15) is 69.0 Å². The molecule has 0 spiro atoms. The third-order valence-corrected chi connectivity index (χ3v) is 4.40. The molecular weight excluding hydrogens is 228 g/mol. The van der Waals surface area contributed by atoms with Crippen LogP contribution in [0.25, 0.3) is 0 Å². The van der Waals surface area contributed by atoms with E-state index in [-0.39, 0.29) is 0 Å². The van der Waals surface area contributed by atoms with Gasteiger partial charge in [0.15, 0.2) is 0 Å². The Morgan fingerprint density at radius 3 is 2.47 bits per heavy atom. The van der Waals surface area contributed by atoms with Crippen LogP contribution in [0.4, 0.5) is 0 Å². The second-order valence-electron chi connectivity index (χ2n) is 5.02. The predicted molar refractivity (Wildman–Crippen MR) is 76.8 cm³/mol. The van der Waals surface area contributed by atoms with Crippen molar-refractivity contribution in [2.45, 2.75) is 72.4 Å². The summed E-state index contributed by atoms with van der Waals surface area (Å²) in [6.45, 7) is 12.1. The van der Waals surface area contributed by atoms with Crippen molar-refractivity contribution in [1.82, 2.24) is 10.3 Å². The van der Waals surface area contributed by atoms with Crippen molar-refractivity contribution in [2.75, 3.05) is 0 Å². The number of nitrogens with zero attached hydrogens (tertiary/aromatic N) is 1. The molecule has 1 atom stereocenters. The first-order chi connectivity index (χ1) is 8.08. The van der Waals surface area contributed by atoms with E-state index < -0.39 is 0 Å².